The van der Waals surface area contributed by atoms with Crippen molar-refractivity contribution in [3.8, 4) is 0 Å². The Labute approximate surface area is 102 Å². The van der Waals surface area contributed by atoms with E-state index in [4.69, 9.17) is 0 Å². The van der Waals surface area contributed by atoms with Crippen LogP contribution in [0.3, 0.4) is 0 Å². The Hall–Kier alpha value is -0.910. The van der Waals surface area contributed by atoms with E-state index in [0.29, 0.717) is 17.9 Å². The lowest BCUT2D eigenvalue weighted by Gasteiger charge is -2.15. The lowest BCUT2D eigenvalue weighted by molar-refractivity contribution is 0.189. The largest absolute Gasteiger partial charge is 0.392 e. The Kier molecular flexibility index (Phi) is 3.51. The maximum atomic E-state index is 12.2. The van der Waals surface area contributed by atoms with Gasteiger partial charge in [-0.3, -0.25) is 0 Å². The molecule has 1 N–H and O–H groups in total. The van der Waals surface area contributed by atoms with Crippen LogP contribution in [0.5, 0.6) is 0 Å². The van der Waals surface area contributed by atoms with E-state index in [1.807, 2.05) is 19.1 Å². The van der Waals surface area contributed by atoms with Gasteiger partial charge in [-0.25, -0.2) is 8.42 Å². The van der Waals surface area contributed by atoms with Crippen LogP contribution >= 0.6 is 0 Å². The van der Waals surface area contributed by atoms with Crippen molar-refractivity contribution in [1.29, 1.82) is 0 Å². The Bertz CT molecular complexity index is 481. The van der Waals surface area contributed by atoms with Crippen molar-refractivity contribution in [1.82, 2.24) is 4.31 Å². The van der Waals surface area contributed by atoms with Crippen LogP contribution in [0.2, 0.25) is 0 Å². The second-order valence-electron chi connectivity index (χ2n) is 4.30. The second-order valence-corrected chi connectivity index (χ2v) is 6.24. The molecule has 1 fully saturated rings. The monoisotopic (exact) mass is 255 g/mol. The Morgan fingerprint density at radius 2 is 2.00 bits per heavy atom. The molecule has 1 aliphatic heterocycles. The zero-order valence-corrected chi connectivity index (χ0v) is 10.7. The van der Waals surface area contributed by atoms with Crippen molar-refractivity contribution in [3.63, 3.8) is 0 Å². The van der Waals surface area contributed by atoms with Crippen LogP contribution in [0.15, 0.2) is 29.2 Å². The maximum absolute atomic E-state index is 12.2. The fourth-order valence-corrected chi connectivity index (χ4v) is 3.47. The molecule has 0 saturated carbocycles. The summed E-state index contributed by atoms with van der Waals surface area (Å²) in [5, 5.41) is 9.39. The third-order valence-electron chi connectivity index (χ3n) is 3.10. The third kappa shape index (κ3) is 2.51. The first-order chi connectivity index (χ1) is 8.04. The summed E-state index contributed by atoms with van der Waals surface area (Å²) in [5.74, 6) is 0. The predicted octanol–water partition coefficient (Wildman–Crippen LogP) is 1.00. The van der Waals surface area contributed by atoms with Crippen molar-refractivity contribution in [3.05, 3.63) is 29.8 Å². The van der Waals surface area contributed by atoms with Gasteiger partial charge in [-0.2, -0.15) is 4.31 Å². The van der Waals surface area contributed by atoms with Crippen LogP contribution in [-0.2, 0) is 16.4 Å². The molecule has 1 aliphatic rings. The first-order valence-corrected chi connectivity index (χ1v) is 7.25. The molecule has 4 nitrogen and oxygen atoms in total. The molecular weight excluding hydrogens is 238 g/mol. The van der Waals surface area contributed by atoms with Crippen molar-refractivity contribution in [2.75, 3.05) is 13.1 Å². The van der Waals surface area contributed by atoms with Gasteiger partial charge in [0.25, 0.3) is 0 Å². The number of aliphatic hydroxyl groups excluding tert-OH is 1. The summed E-state index contributed by atoms with van der Waals surface area (Å²) >= 11 is 0. The molecule has 1 atom stereocenters. The van der Waals surface area contributed by atoms with Gasteiger partial charge >= 0.3 is 0 Å². The number of aryl methyl sites for hydroxylation is 1. The SMILES string of the molecule is CCc1ccc(S(=O)(=O)N2CCC(O)C2)cc1. The topological polar surface area (TPSA) is 57.6 Å². The number of hydrogen-bond donors (Lipinski definition) is 1. The van der Waals surface area contributed by atoms with Crippen LogP contribution in [-0.4, -0.2) is 37.0 Å². The Morgan fingerprint density at radius 3 is 2.47 bits per heavy atom. The molecule has 1 aromatic carbocycles. The van der Waals surface area contributed by atoms with E-state index >= 15 is 0 Å². The van der Waals surface area contributed by atoms with Gasteiger partial charge in [0.2, 0.25) is 10.0 Å². The molecule has 2 rings (SSSR count). The Balaban J connectivity index is 2.25. The third-order valence-corrected chi connectivity index (χ3v) is 4.97. The van der Waals surface area contributed by atoms with E-state index in [1.165, 1.54) is 4.31 Å². The number of sulfonamides is 1. The molecular formula is C12H17NO3S. The van der Waals surface area contributed by atoms with Crippen LogP contribution in [0.1, 0.15) is 18.9 Å². The zero-order valence-electron chi connectivity index (χ0n) is 9.83. The van der Waals surface area contributed by atoms with Crippen LogP contribution in [0, 0.1) is 0 Å². The Morgan fingerprint density at radius 1 is 1.35 bits per heavy atom. The molecule has 0 bridgehead atoms. The van der Waals surface area contributed by atoms with Gasteiger partial charge in [-0.15, -0.1) is 0 Å². The highest BCUT2D eigenvalue weighted by molar-refractivity contribution is 7.89. The average molecular weight is 255 g/mol. The molecule has 0 spiro atoms. The van der Waals surface area contributed by atoms with E-state index in [0.717, 1.165) is 12.0 Å². The molecule has 1 saturated heterocycles. The van der Waals surface area contributed by atoms with Crippen molar-refractivity contribution in [2.24, 2.45) is 0 Å². The highest BCUT2D eigenvalue weighted by atomic mass is 32.2. The second kappa shape index (κ2) is 4.76. The summed E-state index contributed by atoms with van der Waals surface area (Å²) in [6.07, 6.45) is 0.884. The molecule has 0 radical (unpaired) electrons. The highest BCUT2D eigenvalue weighted by Crippen LogP contribution is 2.21. The smallest absolute Gasteiger partial charge is 0.243 e. The van der Waals surface area contributed by atoms with Crippen LogP contribution in [0.25, 0.3) is 0 Å². The summed E-state index contributed by atoms with van der Waals surface area (Å²) in [5.41, 5.74) is 1.12. The summed E-state index contributed by atoms with van der Waals surface area (Å²) in [6.45, 7) is 2.64. The molecule has 5 heteroatoms. The van der Waals surface area contributed by atoms with Gasteiger partial charge in [0.1, 0.15) is 0 Å². The van der Waals surface area contributed by atoms with Gasteiger partial charge in [-0.1, -0.05) is 19.1 Å². The summed E-state index contributed by atoms with van der Waals surface area (Å²) in [7, 11) is -3.42. The molecule has 1 heterocycles. The fourth-order valence-electron chi connectivity index (χ4n) is 1.98. The summed E-state index contributed by atoms with van der Waals surface area (Å²) in [4.78, 5) is 0.309. The molecule has 17 heavy (non-hydrogen) atoms. The lowest BCUT2D eigenvalue weighted by Crippen LogP contribution is -2.29. The number of rotatable bonds is 3. The van der Waals surface area contributed by atoms with E-state index in [-0.39, 0.29) is 6.54 Å². The van der Waals surface area contributed by atoms with Crippen molar-refractivity contribution < 1.29 is 13.5 Å². The number of benzene rings is 1. The number of β-amino-alcohol motifs (C(OH)–C–C–N with tert-alkyl or cyclic N) is 1. The quantitative estimate of drug-likeness (QED) is 0.876. The van der Waals surface area contributed by atoms with Gasteiger partial charge < -0.3 is 5.11 Å². The molecule has 94 valence electrons. The van der Waals surface area contributed by atoms with Crippen LogP contribution < -0.4 is 0 Å². The predicted molar refractivity (Wildman–Crippen MR) is 65.2 cm³/mol. The minimum Gasteiger partial charge on any atom is -0.392 e. The van der Waals surface area contributed by atoms with E-state index in [1.54, 1.807) is 12.1 Å². The van der Waals surface area contributed by atoms with Crippen LogP contribution in [0.4, 0.5) is 0 Å². The highest BCUT2D eigenvalue weighted by Gasteiger charge is 2.31. The number of aliphatic hydroxyl groups is 1. The van der Waals surface area contributed by atoms with Gasteiger partial charge in [0, 0.05) is 13.1 Å². The van der Waals surface area contributed by atoms with E-state index < -0.39 is 16.1 Å². The minimum absolute atomic E-state index is 0.206. The zero-order chi connectivity index (χ0) is 12.5. The lowest BCUT2D eigenvalue weighted by atomic mass is 10.2. The average Bonchev–Trinajstić information content (AvgIpc) is 2.77. The number of nitrogens with zero attached hydrogens (tertiary/aromatic N) is 1. The summed E-state index contributed by atoms with van der Waals surface area (Å²) < 4.78 is 25.7. The standard InChI is InChI=1S/C12H17NO3S/c1-2-10-3-5-12(6-4-10)17(15,16)13-8-7-11(14)9-13/h3-6,11,14H,2,7-9H2,1H3. The number of hydrogen-bond acceptors (Lipinski definition) is 3. The van der Waals surface area contributed by atoms with Crippen molar-refractivity contribution >= 4 is 10.0 Å². The maximum Gasteiger partial charge on any atom is 0.243 e. The molecule has 0 aromatic heterocycles. The summed E-state index contributed by atoms with van der Waals surface area (Å²) in [6, 6.07) is 6.94. The molecule has 0 aliphatic carbocycles. The minimum atomic E-state index is -3.42. The van der Waals surface area contributed by atoms with Gasteiger partial charge in [-0.05, 0) is 30.5 Å². The fraction of sp³-hybridized carbons (Fsp3) is 0.500. The first-order valence-electron chi connectivity index (χ1n) is 5.81. The molecule has 1 unspecified atom stereocenters. The van der Waals surface area contributed by atoms with Gasteiger partial charge in [0.05, 0.1) is 11.0 Å². The molecule has 0 amide bonds. The van der Waals surface area contributed by atoms with Gasteiger partial charge in [0.15, 0.2) is 0 Å². The van der Waals surface area contributed by atoms with Crippen molar-refractivity contribution in [2.45, 2.75) is 30.8 Å². The van der Waals surface area contributed by atoms with E-state index in [9.17, 15) is 13.5 Å². The normalized spacial score (nSPS) is 21.9. The van der Waals surface area contributed by atoms with E-state index in [2.05, 4.69) is 0 Å². The first kappa shape index (κ1) is 12.5. The molecule has 1 aromatic rings.